The molecule has 1 saturated heterocycles. The molecule has 5 heteroatoms. The molecule has 1 aliphatic rings. The van der Waals surface area contributed by atoms with Crippen LogP contribution in [0.4, 0.5) is 0 Å². The van der Waals surface area contributed by atoms with Gasteiger partial charge in [-0.25, -0.2) is 15.0 Å². The van der Waals surface area contributed by atoms with E-state index in [1.807, 2.05) is 0 Å². The molecule has 0 bridgehead atoms. The summed E-state index contributed by atoms with van der Waals surface area (Å²) in [7, 11) is 0. The summed E-state index contributed by atoms with van der Waals surface area (Å²) < 4.78 is 0. The fourth-order valence-electron chi connectivity index (χ4n) is 3.30. The minimum absolute atomic E-state index is 0.567. The molecule has 115 valence electrons. The number of rotatable bonds is 3. The molecule has 23 heavy (non-hydrogen) atoms. The van der Waals surface area contributed by atoms with Crippen molar-refractivity contribution >= 4 is 0 Å². The molecule has 0 aliphatic carbocycles. The molecule has 0 atom stereocenters. The Labute approximate surface area is 135 Å². The lowest BCUT2D eigenvalue weighted by atomic mass is 9.85. The zero-order valence-corrected chi connectivity index (χ0v) is 12.8. The van der Waals surface area contributed by atoms with E-state index in [2.05, 4.69) is 55.8 Å². The minimum atomic E-state index is 0.567. The molecule has 0 spiro atoms. The van der Waals surface area contributed by atoms with Crippen LogP contribution in [0.2, 0.25) is 0 Å². The molecule has 0 saturated carbocycles. The van der Waals surface area contributed by atoms with Gasteiger partial charge in [0.1, 0.15) is 0 Å². The van der Waals surface area contributed by atoms with Gasteiger partial charge >= 0.3 is 0 Å². The Balaban J connectivity index is 1.83. The van der Waals surface area contributed by atoms with Crippen molar-refractivity contribution in [2.45, 2.75) is 18.8 Å². The highest BCUT2D eigenvalue weighted by Gasteiger charge is 2.21. The van der Waals surface area contributed by atoms with Gasteiger partial charge in [-0.05, 0) is 37.4 Å². The highest BCUT2D eigenvalue weighted by Crippen LogP contribution is 2.36. The van der Waals surface area contributed by atoms with Crippen LogP contribution in [0.5, 0.6) is 0 Å². The Morgan fingerprint density at radius 2 is 1.91 bits per heavy atom. The van der Waals surface area contributed by atoms with E-state index in [9.17, 15) is 0 Å². The van der Waals surface area contributed by atoms with Crippen molar-refractivity contribution in [1.82, 2.24) is 25.3 Å². The zero-order valence-electron chi connectivity index (χ0n) is 12.8. The van der Waals surface area contributed by atoms with Gasteiger partial charge in [0.05, 0.1) is 23.9 Å². The van der Waals surface area contributed by atoms with Crippen LogP contribution in [0.25, 0.3) is 22.5 Å². The topological polar surface area (TPSA) is 66.5 Å². The molecule has 2 aromatic heterocycles. The van der Waals surface area contributed by atoms with Crippen molar-refractivity contribution in [3.05, 3.63) is 54.9 Å². The maximum atomic E-state index is 4.46. The lowest BCUT2D eigenvalue weighted by Crippen LogP contribution is -2.26. The molecule has 3 aromatic rings. The second-order valence-corrected chi connectivity index (χ2v) is 5.81. The van der Waals surface area contributed by atoms with Gasteiger partial charge in [0.25, 0.3) is 0 Å². The summed E-state index contributed by atoms with van der Waals surface area (Å²) in [4.78, 5) is 15.8. The third kappa shape index (κ3) is 2.75. The van der Waals surface area contributed by atoms with Gasteiger partial charge < -0.3 is 10.3 Å². The second kappa shape index (κ2) is 6.30. The largest absolute Gasteiger partial charge is 0.345 e. The molecule has 4 rings (SSSR count). The van der Waals surface area contributed by atoms with Crippen LogP contribution in [-0.2, 0) is 0 Å². The van der Waals surface area contributed by atoms with Gasteiger partial charge in [-0.15, -0.1) is 0 Å². The van der Waals surface area contributed by atoms with Crippen molar-refractivity contribution in [3.63, 3.8) is 0 Å². The average molecular weight is 304 g/mol. The average Bonchev–Trinajstić information content (AvgIpc) is 3.17. The van der Waals surface area contributed by atoms with E-state index in [1.165, 1.54) is 11.1 Å². The number of nitrogens with zero attached hydrogens (tertiary/aromatic N) is 3. The fraction of sp³-hybridized carbons (Fsp3) is 0.278. The summed E-state index contributed by atoms with van der Waals surface area (Å²) >= 11 is 0. The first-order chi connectivity index (χ1) is 11.4. The number of hydrogen-bond acceptors (Lipinski definition) is 4. The van der Waals surface area contributed by atoms with E-state index in [0.29, 0.717) is 5.92 Å². The van der Waals surface area contributed by atoms with Crippen molar-refractivity contribution in [3.8, 4) is 22.5 Å². The minimum Gasteiger partial charge on any atom is -0.345 e. The van der Waals surface area contributed by atoms with E-state index in [1.54, 1.807) is 18.7 Å². The van der Waals surface area contributed by atoms with Gasteiger partial charge in [-0.2, -0.15) is 0 Å². The van der Waals surface area contributed by atoms with E-state index in [4.69, 9.17) is 0 Å². The van der Waals surface area contributed by atoms with E-state index in [-0.39, 0.29) is 0 Å². The first-order valence-electron chi connectivity index (χ1n) is 7.95. The molecule has 0 amide bonds. The number of H-pyrrole nitrogens is 1. The number of hydrogen-bond donors (Lipinski definition) is 2. The van der Waals surface area contributed by atoms with Crippen molar-refractivity contribution in [2.75, 3.05) is 13.1 Å². The molecular weight excluding hydrogens is 286 g/mol. The van der Waals surface area contributed by atoms with Gasteiger partial charge in [-0.3, -0.25) is 0 Å². The van der Waals surface area contributed by atoms with E-state index in [0.717, 1.165) is 42.9 Å². The molecule has 1 fully saturated rings. The highest BCUT2D eigenvalue weighted by atomic mass is 14.9. The normalized spacial score (nSPS) is 15.7. The molecule has 2 N–H and O–H groups in total. The number of imidazole rings is 1. The van der Waals surface area contributed by atoms with Gasteiger partial charge in [-0.1, -0.05) is 24.3 Å². The van der Waals surface area contributed by atoms with Crippen LogP contribution < -0.4 is 5.32 Å². The first kappa shape index (κ1) is 14.1. The summed E-state index contributed by atoms with van der Waals surface area (Å²) in [6, 6.07) is 8.55. The second-order valence-electron chi connectivity index (χ2n) is 5.81. The lowest BCUT2D eigenvalue weighted by Gasteiger charge is -2.25. The van der Waals surface area contributed by atoms with E-state index >= 15 is 0 Å². The van der Waals surface area contributed by atoms with Crippen LogP contribution in [0, 0.1) is 6.33 Å². The number of piperidine rings is 1. The molecule has 1 aliphatic heterocycles. The Bertz CT molecular complexity index is 776. The van der Waals surface area contributed by atoms with Crippen molar-refractivity contribution < 1.29 is 0 Å². The SMILES string of the molecule is [c]1ncc(-c2cnc[nH]2)c(-c2ccccc2C2CCNCC2)n1. The number of aromatic amines is 1. The van der Waals surface area contributed by atoms with Gasteiger partial charge in [0.2, 0.25) is 0 Å². The monoisotopic (exact) mass is 304 g/mol. The molecule has 1 aromatic carbocycles. The van der Waals surface area contributed by atoms with Gasteiger partial charge in [0.15, 0.2) is 6.33 Å². The Morgan fingerprint density at radius 1 is 1.04 bits per heavy atom. The lowest BCUT2D eigenvalue weighted by molar-refractivity contribution is 0.461. The summed E-state index contributed by atoms with van der Waals surface area (Å²) in [6.45, 7) is 2.14. The molecule has 3 heterocycles. The van der Waals surface area contributed by atoms with Crippen LogP contribution in [0.1, 0.15) is 24.3 Å². The van der Waals surface area contributed by atoms with Crippen LogP contribution in [-0.4, -0.2) is 33.0 Å². The van der Waals surface area contributed by atoms with Crippen molar-refractivity contribution in [1.29, 1.82) is 0 Å². The third-order valence-electron chi connectivity index (χ3n) is 4.45. The van der Waals surface area contributed by atoms with Gasteiger partial charge in [0, 0.05) is 17.3 Å². The number of nitrogens with one attached hydrogen (secondary N) is 2. The smallest absolute Gasteiger partial charge is 0.198 e. The standard InChI is InChI=1S/C18H18N5/c1-2-4-15(14(3-1)13-5-7-19-8-6-13)18-16(9-20-12-23-18)17-10-21-11-22-17/h1-4,9-11,13,19H,5-8H2,(H,21,22). The van der Waals surface area contributed by atoms with Crippen LogP contribution >= 0.6 is 0 Å². The van der Waals surface area contributed by atoms with Crippen molar-refractivity contribution in [2.24, 2.45) is 0 Å². The van der Waals surface area contributed by atoms with Crippen LogP contribution in [0.3, 0.4) is 0 Å². The quantitative estimate of drug-likeness (QED) is 0.781. The summed E-state index contributed by atoms with van der Waals surface area (Å²) in [6.07, 6.45) is 10.3. The Kier molecular flexibility index (Phi) is 3.86. The van der Waals surface area contributed by atoms with E-state index < -0.39 is 0 Å². The number of aromatic nitrogens is 4. The maximum Gasteiger partial charge on any atom is 0.198 e. The fourth-order valence-corrected chi connectivity index (χ4v) is 3.30. The Morgan fingerprint density at radius 3 is 2.74 bits per heavy atom. The summed E-state index contributed by atoms with van der Waals surface area (Å²) in [5.74, 6) is 0.567. The Hall–Kier alpha value is -2.53. The highest BCUT2D eigenvalue weighted by molar-refractivity contribution is 5.79. The third-order valence-corrected chi connectivity index (χ3v) is 4.45. The molecule has 0 unspecified atom stereocenters. The predicted octanol–water partition coefficient (Wildman–Crippen LogP) is 2.80. The maximum absolute atomic E-state index is 4.46. The van der Waals surface area contributed by atoms with Crippen LogP contribution in [0.15, 0.2) is 43.0 Å². The molecular formula is C18H18N5. The summed E-state index contributed by atoms with van der Waals surface area (Å²) in [5.41, 5.74) is 5.33. The predicted molar refractivity (Wildman–Crippen MR) is 88.7 cm³/mol. The number of benzene rings is 1. The summed E-state index contributed by atoms with van der Waals surface area (Å²) in [5, 5.41) is 3.43. The zero-order chi connectivity index (χ0) is 15.5. The molecule has 1 radical (unpaired) electrons. The first-order valence-corrected chi connectivity index (χ1v) is 7.95. The molecule has 5 nitrogen and oxygen atoms in total.